The number of nitrogens with one attached hydrogen (secondary N) is 2. The SMILES string of the molecule is C[C@@H](NC(=O)COc1ccc(Nc2ccccc2)cc1)c1ccc2c(c1)OCO2. The predicted molar refractivity (Wildman–Crippen MR) is 111 cm³/mol. The lowest BCUT2D eigenvalue weighted by molar-refractivity contribution is -0.123. The molecule has 1 atom stereocenters. The van der Waals surface area contributed by atoms with Gasteiger partial charge in [-0.1, -0.05) is 24.3 Å². The molecular weight excluding hydrogens is 368 g/mol. The van der Waals surface area contributed by atoms with Crippen LogP contribution in [-0.4, -0.2) is 19.3 Å². The standard InChI is InChI=1S/C23H22N2O4/c1-16(17-7-12-21-22(13-17)29-15-28-21)24-23(26)14-27-20-10-8-19(9-11-20)25-18-5-3-2-4-6-18/h2-13,16,25H,14-15H2,1H3,(H,24,26)/t16-/m1/s1. The molecule has 0 unspecified atom stereocenters. The fraction of sp³-hybridized carbons (Fsp3) is 0.174. The summed E-state index contributed by atoms with van der Waals surface area (Å²) in [6.45, 7) is 2.09. The lowest BCUT2D eigenvalue weighted by Crippen LogP contribution is -2.31. The zero-order valence-corrected chi connectivity index (χ0v) is 16.1. The monoisotopic (exact) mass is 390 g/mol. The van der Waals surface area contributed by atoms with E-state index >= 15 is 0 Å². The first-order valence-corrected chi connectivity index (χ1v) is 9.41. The number of ether oxygens (including phenoxy) is 3. The van der Waals surface area contributed by atoms with Gasteiger partial charge in [-0.25, -0.2) is 0 Å². The van der Waals surface area contributed by atoms with Crippen LogP contribution in [0.4, 0.5) is 11.4 Å². The quantitative estimate of drug-likeness (QED) is 0.625. The van der Waals surface area contributed by atoms with Crippen LogP contribution in [0.25, 0.3) is 0 Å². The van der Waals surface area contributed by atoms with Gasteiger partial charge < -0.3 is 24.8 Å². The van der Waals surface area contributed by atoms with Crippen LogP contribution in [0.3, 0.4) is 0 Å². The van der Waals surface area contributed by atoms with Crippen LogP contribution in [0.1, 0.15) is 18.5 Å². The Hall–Kier alpha value is -3.67. The van der Waals surface area contributed by atoms with Gasteiger partial charge in [0.05, 0.1) is 6.04 Å². The minimum atomic E-state index is -0.193. The Balaban J connectivity index is 1.27. The average Bonchev–Trinajstić information content (AvgIpc) is 3.22. The van der Waals surface area contributed by atoms with Crippen molar-refractivity contribution in [2.45, 2.75) is 13.0 Å². The van der Waals surface area contributed by atoms with E-state index in [0.29, 0.717) is 11.5 Å². The summed E-state index contributed by atoms with van der Waals surface area (Å²) in [5.74, 6) is 1.86. The summed E-state index contributed by atoms with van der Waals surface area (Å²) in [5.41, 5.74) is 2.90. The summed E-state index contributed by atoms with van der Waals surface area (Å²) < 4.78 is 16.3. The molecule has 0 aromatic heterocycles. The van der Waals surface area contributed by atoms with Gasteiger partial charge in [-0.2, -0.15) is 0 Å². The van der Waals surface area contributed by atoms with Gasteiger partial charge in [0, 0.05) is 11.4 Å². The van der Waals surface area contributed by atoms with E-state index in [1.54, 1.807) is 0 Å². The summed E-state index contributed by atoms with van der Waals surface area (Å²) in [4.78, 5) is 12.2. The second-order valence-corrected chi connectivity index (χ2v) is 6.71. The molecule has 3 aromatic rings. The zero-order chi connectivity index (χ0) is 20.1. The Morgan fingerprint density at radius 3 is 2.48 bits per heavy atom. The highest BCUT2D eigenvalue weighted by Gasteiger charge is 2.17. The number of hydrogen-bond acceptors (Lipinski definition) is 5. The number of rotatable bonds is 7. The van der Waals surface area contributed by atoms with Crippen molar-refractivity contribution in [3.63, 3.8) is 0 Å². The highest BCUT2D eigenvalue weighted by atomic mass is 16.7. The molecule has 0 saturated carbocycles. The summed E-state index contributed by atoms with van der Waals surface area (Å²) >= 11 is 0. The number of anilines is 2. The molecule has 0 saturated heterocycles. The lowest BCUT2D eigenvalue weighted by atomic mass is 10.1. The predicted octanol–water partition coefficient (Wildman–Crippen LogP) is 4.42. The molecule has 1 aliphatic rings. The van der Waals surface area contributed by atoms with E-state index < -0.39 is 0 Å². The molecule has 6 nitrogen and oxygen atoms in total. The van der Waals surface area contributed by atoms with E-state index in [-0.39, 0.29) is 25.3 Å². The van der Waals surface area contributed by atoms with Crippen molar-refractivity contribution in [2.24, 2.45) is 0 Å². The van der Waals surface area contributed by atoms with Gasteiger partial charge in [0.25, 0.3) is 5.91 Å². The molecule has 4 rings (SSSR count). The van der Waals surface area contributed by atoms with Crippen LogP contribution < -0.4 is 24.8 Å². The molecule has 0 radical (unpaired) electrons. The average molecular weight is 390 g/mol. The van der Waals surface area contributed by atoms with Crippen LogP contribution in [0.15, 0.2) is 72.8 Å². The van der Waals surface area contributed by atoms with E-state index in [9.17, 15) is 4.79 Å². The molecule has 6 heteroatoms. The molecule has 29 heavy (non-hydrogen) atoms. The Morgan fingerprint density at radius 1 is 0.966 bits per heavy atom. The van der Waals surface area contributed by atoms with E-state index in [2.05, 4.69) is 10.6 Å². The van der Waals surface area contributed by atoms with E-state index in [4.69, 9.17) is 14.2 Å². The van der Waals surface area contributed by atoms with Crippen molar-refractivity contribution in [3.8, 4) is 17.2 Å². The molecule has 0 bridgehead atoms. The summed E-state index contributed by atoms with van der Waals surface area (Å²) in [6.07, 6.45) is 0. The highest BCUT2D eigenvalue weighted by molar-refractivity contribution is 5.78. The van der Waals surface area contributed by atoms with E-state index in [1.807, 2.05) is 79.7 Å². The van der Waals surface area contributed by atoms with Crippen molar-refractivity contribution in [2.75, 3.05) is 18.7 Å². The topological polar surface area (TPSA) is 68.8 Å². The molecule has 1 aliphatic heterocycles. The Morgan fingerprint density at radius 2 is 1.69 bits per heavy atom. The van der Waals surface area contributed by atoms with E-state index in [0.717, 1.165) is 22.7 Å². The van der Waals surface area contributed by atoms with Crippen molar-refractivity contribution in [1.82, 2.24) is 5.32 Å². The van der Waals surface area contributed by atoms with E-state index in [1.165, 1.54) is 0 Å². The zero-order valence-electron chi connectivity index (χ0n) is 16.1. The minimum Gasteiger partial charge on any atom is -0.484 e. The Kier molecular flexibility index (Phi) is 5.52. The smallest absolute Gasteiger partial charge is 0.258 e. The normalized spacial score (nSPS) is 12.9. The van der Waals surface area contributed by atoms with Gasteiger partial charge in [0.1, 0.15) is 5.75 Å². The van der Waals surface area contributed by atoms with Gasteiger partial charge in [-0.15, -0.1) is 0 Å². The van der Waals surface area contributed by atoms with Gasteiger partial charge in [0.2, 0.25) is 6.79 Å². The van der Waals surface area contributed by atoms with Gasteiger partial charge in [-0.3, -0.25) is 4.79 Å². The lowest BCUT2D eigenvalue weighted by Gasteiger charge is -2.15. The van der Waals surface area contributed by atoms with Crippen LogP contribution in [0.2, 0.25) is 0 Å². The number of benzene rings is 3. The summed E-state index contributed by atoms with van der Waals surface area (Å²) in [7, 11) is 0. The molecule has 1 amide bonds. The molecule has 0 spiro atoms. The molecule has 3 aromatic carbocycles. The third-order valence-electron chi connectivity index (χ3n) is 4.56. The van der Waals surface area contributed by atoms with Crippen molar-refractivity contribution in [1.29, 1.82) is 0 Å². The maximum absolute atomic E-state index is 12.2. The molecule has 0 aliphatic carbocycles. The van der Waals surface area contributed by atoms with Crippen LogP contribution in [0, 0.1) is 0 Å². The van der Waals surface area contributed by atoms with Crippen LogP contribution in [0.5, 0.6) is 17.2 Å². The fourth-order valence-electron chi connectivity index (χ4n) is 3.02. The first-order chi connectivity index (χ1) is 14.2. The number of carbonyl (C=O) groups excluding carboxylic acids is 1. The van der Waals surface area contributed by atoms with Crippen molar-refractivity contribution < 1.29 is 19.0 Å². The molecule has 2 N–H and O–H groups in total. The maximum Gasteiger partial charge on any atom is 0.258 e. The third-order valence-corrected chi connectivity index (χ3v) is 4.56. The number of fused-ring (bicyclic) bond motifs is 1. The molecular formula is C23H22N2O4. The maximum atomic E-state index is 12.2. The second-order valence-electron chi connectivity index (χ2n) is 6.71. The fourth-order valence-corrected chi connectivity index (χ4v) is 3.02. The van der Waals surface area contributed by atoms with Gasteiger partial charge in [-0.05, 0) is 61.0 Å². The first-order valence-electron chi connectivity index (χ1n) is 9.41. The highest BCUT2D eigenvalue weighted by Crippen LogP contribution is 2.34. The Bertz CT molecular complexity index is 974. The Labute approximate surface area is 169 Å². The minimum absolute atomic E-state index is 0.0552. The number of amides is 1. The van der Waals surface area contributed by atoms with Gasteiger partial charge >= 0.3 is 0 Å². The second kappa shape index (κ2) is 8.56. The first kappa shape index (κ1) is 18.7. The van der Waals surface area contributed by atoms with Crippen molar-refractivity contribution in [3.05, 3.63) is 78.4 Å². The summed E-state index contributed by atoms with van der Waals surface area (Å²) in [6, 6.07) is 22.9. The summed E-state index contributed by atoms with van der Waals surface area (Å²) in [5, 5.41) is 6.23. The van der Waals surface area contributed by atoms with Crippen LogP contribution >= 0.6 is 0 Å². The molecule has 0 fully saturated rings. The third kappa shape index (κ3) is 4.79. The number of carbonyl (C=O) groups is 1. The molecule has 1 heterocycles. The number of para-hydroxylation sites is 1. The largest absolute Gasteiger partial charge is 0.484 e. The van der Waals surface area contributed by atoms with Crippen LogP contribution in [-0.2, 0) is 4.79 Å². The van der Waals surface area contributed by atoms with Gasteiger partial charge in [0.15, 0.2) is 18.1 Å². The number of hydrogen-bond donors (Lipinski definition) is 2. The molecule has 148 valence electrons. The van der Waals surface area contributed by atoms with Crippen molar-refractivity contribution >= 4 is 17.3 Å².